The minimum atomic E-state index is -2.75. The van der Waals surface area contributed by atoms with E-state index in [0.29, 0.717) is 44.2 Å². The van der Waals surface area contributed by atoms with Crippen molar-refractivity contribution in [3.8, 4) is 0 Å². The van der Waals surface area contributed by atoms with Crippen molar-refractivity contribution in [1.29, 1.82) is 0 Å². The molecule has 5 atom stereocenters. The fourth-order valence-electron chi connectivity index (χ4n) is 11.9. The Hall–Kier alpha value is -1.93. The maximum absolute atomic E-state index is 14.0. The van der Waals surface area contributed by atoms with Crippen LogP contribution in [0.5, 0.6) is 0 Å². The molecule has 414 valence electrons. The number of ether oxygens (including phenoxy) is 1. The zero-order valence-corrected chi connectivity index (χ0v) is 47.4. The molecule has 13 heteroatoms. The van der Waals surface area contributed by atoms with Crippen LogP contribution in [0.2, 0.25) is 0 Å². The second-order valence-corrected chi connectivity index (χ2v) is 26.0. The number of rotatable bonds is 8. The van der Waals surface area contributed by atoms with Crippen molar-refractivity contribution < 1.29 is 35.9 Å². The van der Waals surface area contributed by atoms with Crippen LogP contribution in [0.3, 0.4) is 0 Å². The van der Waals surface area contributed by atoms with Gasteiger partial charge in [-0.25, -0.2) is 26.3 Å². The molecule has 6 saturated heterocycles. The maximum Gasteiger partial charge on any atom is 0.268 e. The van der Waals surface area contributed by atoms with Gasteiger partial charge in [0, 0.05) is 50.0 Å². The van der Waals surface area contributed by atoms with Gasteiger partial charge >= 0.3 is 0 Å². The smallest absolute Gasteiger partial charge is 0.268 e. The van der Waals surface area contributed by atoms with E-state index in [1.54, 1.807) is 0 Å². The fourth-order valence-corrected chi connectivity index (χ4v) is 11.9. The van der Waals surface area contributed by atoms with Gasteiger partial charge in [0.2, 0.25) is 6.41 Å². The highest BCUT2D eigenvalue weighted by atomic mass is 19.3. The number of halogens is 6. The summed E-state index contributed by atoms with van der Waals surface area (Å²) in [6.07, 6.45) is 10.2. The molecule has 1 aromatic carbocycles. The van der Waals surface area contributed by atoms with Gasteiger partial charge in [-0.3, -0.25) is 9.69 Å². The quantitative estimate of drug-likeness (QED) is 0.207. The first-order valence-corrected chi connectivity index (χ1v) is 27.6. The molecule has 0 saturated carbocycles. The molecule has 6 heterocycles. The third-order valence-corrected chi connectivity index (χ3v) is 16.6. The lowest BCUT2D eigenvalue weighted by Crippen LogP contribution is -2.51. The highest BCUT2D eigenvalue weighted by molar-refractivity contribution is 5.47. The van der Waals surface area contributed by atoms with Crippen molar-refractivity contribution >= 4 is 6.41 Å². The van der Waals surface area contributed by atoms with E-state index < -0.39 is 47.5 Å². The predicted molar refractivity (Wildman–Crippen MR) is 282 cm³/mol. The van der Waals surface area contributed by atoms with E-state index in [2.05, 4.69) is 70.6 Å². The van der Waals surface area contributed by atoms with Crippen LogP contribution >= 0.6 is 0 Å². The Morgan fingerprint density at radius 2 is 1.28 bits per heavy atom. The number of hydrogen-bond acceptors (Lipinski definition) is 6. The molecule has 6 fully saturated rings. The molecular formula is C58H103F6N5O2. The van der Waals surface area contributed by atoms with Crippen molar-refractivity contribution in [3.63, 3.8) is 0 Å². The van der Waals surface area contributed by atoms with Crippen LogP contribution in [0.1, 0.15) is 160 Å². The number of carbonyl (C=O) groups is 1. The van der Waals surface area contributed by atoms with Crippen molar-refractivity contribution in [3.05, 3.63) is 35.9 Å². The number of nitrogens with one attached hydrogen (secondary N) is 1. The summed E-state index contributed by atoms with van der Waals surface area (Å²) in [5, 5.41) is 2.71. The lowest BCUT2D eigenvalue weighted by Gasteiger charge is -2.43. The SMILES string of the molecule is CC(C)(C)C1CCN(C=O)CC1(F)F.CC(C)C1CCN(C[C@@H]2CCCN2C)CC1.CC(C)C1CCN(Cc2ccccc2)CC1(F)F.CC(C)C1CCNCC1(F)F.CC1(C)CC(C(C)(C)C)CCO1. The number of amides is 1. The van der Waals surface area contributed by atoms with Gasteiger partial charge in [0.25, 0.3) is 17.8 Å². The maximum atomic E-state index is 14.0. The summed E-state index contributed by atoms with van der Waals surface area (Å²) in [6, 6.07) is 10.7. The summed E-state index contributed by atoms with van der Waals surface area (Å²) in [4.78, 5) is 18.7. The zero-order valence-electron chi connectivity index (χ0n) is 47.4. The Balaban J connectivity index is 0.000000237. The summed E-state index contributed by atoms with van der Waals surface area (Å²) in [6.45, 7) is 37.3. The van der Waals surface area contributed by atoms with E-state index in [-0.39, 0.29) is 30.5 Å². The van der Waals surface area contributed by atoms with Gasteiger partial charge in [-0.05, 0) is 157 Å². The second kappa shape index (κ2) is 27.7. The van der Waals surface area contributed by atoms with Gasteiger partial charge in [-0.1, -0.05) is 113 Å². The van der Waals surface area contributed by atoms with Crippen LogP contribution in [0.15, 0.2) is 30.3 Å². The average Bonchev–Trinajstić information content (AvgIpc) is 3.66. The topological polar surface area (TPSA) is 51.3 Å². The molecule has 7 nitrogen and oxygen atoms in total. The van der Waals surface area contributed by atoms with Crippen LogP contribution in [0, 0.1) is 58.2 Å². The Morgan fingerprint density at radius 3 is 1.72 bits per heavy atom. The molecule has 7 rings (SSSR count). The van der Waals surface area contributed by atoms with Crippen molar-refractivity contribution in [2.75, 3.05) is 79.1 Å². The number of benzene rings is 1. The lowest BCUT2D eigenvalue weighted by molar-refractivity contribution is -0.154. The molecule has 0 bridgehead atoms. The average molecular weight is 1020 g/mol. The number of likely N-dealkylation sites (tertiary alicyclic amines) is 4. The second-order valence-electron chi connectivity index (χ2n) is 26.0. The fraction of sp³-hybridized carbons (Fsp3) is 0.879. The first kappa shape index (κ1) is 63.4. The van der Waals surface area contributed by atoms with Gasteiger partial charge in [0.1, 0.15) is 0 Å². The minimum absolute atomic E-state index is 0.0545. The number of likely N-dealkylation sites (N-methyl/N-ethyl adjacent to an activating group) is 1. The Morgan fingerprint density at radius 1 is 0.690 bits per heavy atom. The van der Waals surface area contributed by atoms with Crippen molar-refractivity contribution in [1.82, 2.24) is 24.9 Å². The Bertz CT molecular complexity index is 1640. The molecular weight excluding hydrogens is 913 g/mol. The molecule has 71 heavy (non-hydrogen) atoms. The molecule has 0 spiro atoms. The van der Waals surface area contributed by atoms with Crippen molar-refractivity contribution in [2.45, 2.75) is 191 Å². The molecule has 0 aromatic heterocycles. The van der Waals surface area contributed by atoms with E-state index in [4.69, 9.17) is 4.74 Å². The van der Waals surface area contributed by atoms with E-state index in [9.17, 15) is 31.1 Å². The largest absolute Gasteiger partial charge is 0.376 e. The zero-order chi connectivity index (χ0) is 53.6. The van der Waals surface area contributed by atoms with Gasteiger partial charge in [0.15, 0.2) is 0 Å². The van der Waals surface area contributed by atoms with Crippen molar-refractivity contribution in [2.24, 2.45) is 58.2 Å². The Labute approximate surface area is 429 Å². The van der Waals surface area contributed by atoms with E-state index in [1.807, 2.05) is 83.7 Å². The van der Waals surface area contributed by atoms with E-state index >= 15 is 0 Å². The van der Waals surface area contributed by atoms with Gasteiger partial charge in [0.05, 0.1) is 25.2 Å². The minimum Gasteiger partial charge on any atom is -0.376 e. The molecule has 1 N–H and O–H groups in total. The van der Waals surface area contributed by atoms with Crippen LogP contribution in [0.4, 0.5) is 26.3 Å². The van der Waals surface area contributed by atoms with Crippen LogP contribution in [-0.4, -0.2) is 135 Å². The van der Waals surface area contributed by atoms with Crippen LogP contribution in [0.25, 0.3) is 0 Å². The lowest BCUT2D eigenvalue weighted by atomic mass is 9.72. The van der Waals surface area contributed by atoms with E-state index in [1.165, 1.54) is 64.7 Å². The number of nitrogens with zero attached hydrogens (tertiary/aromatic N) is 4. The third-order valence-electron chi connectivity index (χ3n) is 16.6. The first-order valence-electron chi connectivity index (χ1n) is 27.6. The summed E-state index contributed by atoms with van der Waals surface area (Å²) in [5.41, 5.74) is 1.26. The van der Waals surface area contributed by atoms with Gasteiger partial charge in [-0.2, -0.15) is 0 Å². The standard InChI is InChI=1S/C15H21F2N.C14H28N2.C11H22O.C10H17F2NO.C8H15F2N/c1-12(2)14-8-9-18(11-15(14,16)17)10-13-6-4-3-5-7-13;1-12(2)13-6-9-16(10-7-13)11-14-5-4-8-15(14)3;1-10(2,3)9-6-7-12-11(4,5)8-9;1-9(2,3)8-4-5-13(7-14)6-10(8,11)12;1-6(2)7-3-4-11-5-8(7,9)10/h3-7,12,14H,8-11H2,1-2H3;12-14H,4-11H2,1-3H3;9H,6-8H2,1-5H3;7-8H,4-6H2,1-3H3;6-7,11H,3-5H2,1-2H3/t;14-;;;/m.0.../s1. The normalized spacial score (nSPS) is 28.3. The number of hydrogen-bond donors (Lipinski definition) is 1. The van der Waals surface area contributed by atoms with Crippen LogP contribution in [-0.2, 0) is 16.1 Å². The number of carbonyl (C=O) groups excluding carboxylic acids is 1. The van der Waals surface area contributed by atoms with Gasteiger partial charge in [-0.15, -0.1) is 0 Å². The Kier molecular flexibility index (Phi) is 24.8. The highest BCUT2D eigenvalue weighted by Gasteiger charge is 2.50. The monoisotopic (exact) mass is 1020 g/mol. The summed E-state index contributed by atoms with van der Waals surface area (Å²) in [5.74, 6) is -6.49. The molecule has 4 unspecified atom stereocenters. The summed E-state index contributed by atoms with van der Waals surface area (Å²) in [7, 11) is 2.29. The summed E-state index contributed by atoms with van der Waals surface area (Å²) >= 11 is 0. The first-order chi connectivity index (χ1) is 32.8. The number of piperidine rings is 4. The van der Waals surface area contributed by atoms with Crippen LogP contribution < -0.4 is 5.32 Å². The molecule has 1 amide bonds. The molecule has 6 aliphatic heterocycles. The molecule has 0 aliphatic carbocycles. The van der Waals surface area contributed by atoms with E-state index in [0.717, 1.165) is 54.0 Å². The highest BCUT2D eigenvalue weighted by Crippen LogP contribution is 2.44. The molecule has 1 aromatic rings. The third kappa shape index (κ3) is 21.3. The number of alkyl halides is 6. The molecule has 0 radical (unpaired) electrons. The molecule has 6 aliphatic rings. The predicted octanol–water partition coefficient (Wildman–Crippen LogP) is 13.5. The summed E-state index contributed by atoms with van der Waals surface area (Å²) < 4.78 is 87.1. The van der Waals surface area contributed by atoms with Gasteiger partial charge < -0.3 is 24.8 Å².